The van der Waals surface area contributed by atoms with Gasteiger partial charge in [0, 0.05) is 0 Å². The van der Waals surface area contributed by atoms with Crippen LogP contribution >= 0.6 is 0 Å². The van der Waals surface area contributed by atoms with Crippen LogP contribution in [0.4, 0.5) is 10.7 Å². The van der Waals surface area contributed by atoms with E-state index in [-0.39, 0.29) is 25.8 Å². The number of aryl methyl sites for hydroxylation is 2. The molecule has 2 aromatic rings. The first-order valence-electron chi connectivity index (χ1n) is 6.61. The summed E-state index contributed by atoms with van der Waals surface area (Å²) in [4.78, 5) is 20.1. The molecule has 2 rings (SSSR count). The standard InChI is InChI=1S/C14H16N4O3SSe/c1-9-8-10(2)16-13(15-9)17-14(19)18-22(20,21)11-6-4-5-7-12(11)23-3/h4-8H,1-3H3,(H2,15,16,17,18,19). The number of rotatable bonds is 4. The monoisotopic (exact) mass is 400 g/mol. The third-order valence-corrected chi connectivity index (χ3v) is 6.14. The van der Waals surface area contributed by atoms with Crippen LogP contribution < -0.4 is 14.5 Å². The molecule has 9 heteroatoms. The molecule has 0 aliphatic rings. The van der Waals surface area contributed by atoms with Crippen molar-refractivity contribution in [1.82, 2.24) is 14.7 Å². The molecule has 1 heterocycles. The van der Waals surface area contributed by atoms with Crippen molar-refractivity contribution in [2.75, 3.05) is 5.32 Å². The first-order valence-corrected chi connectivity index (χ1v) is 10.7. The summed E-state index contributed by atoms with van der Waals surface area (Å²) >= 11 is -0.0153. The van der Waals surface area contributed by atoms with Gasteiger partial charge in [0.1, 0.15) is 0 Å². The van der Waals surface area contributed by atoms with Gasteiger partial charge in [-0.05, 0) is 0 Å². The number of nitrogens with one attached hydrogen (secondary N) is 2. The molecule has 0 saturated heterocycles. The Balaban J connectivity index is 2.18. The predicted octanol–water partition coefficient (Wildman–Crippen LogP) is 0.981. The zero-order valence-corrected chi connectivity index (χ0v) is 15.4. The molecule has 7 nitrogen and oxygen atoms in total. The van der Waals surface area contributed by atoms with E-state index in [1.165, 1.54) is 6.07 Å². The van der Waals surface area contributed by atoms with Crippen molar-refractivity contribution in [2.24, 2.45) is 0 Å². The van der Waals surface area contributed by atoms with Crippen molar-refractivity contribution < 1.29 is 13.2 Å². The summed E-state index contributed by atoms with van der Waals surface area (Å²) in [5.41, 5.74) is 1.35. The van der Waals surface area contributed by atoms with Crippen molar-refractivity contribution in [3.63, 3.8) is 0 Å². The fourth-order valence-electron chi connectivity index (χ4n) is 1.93. The van der Waals surface area contributed by atoms with Gasteiger partial charge < -0.3 is 0 Å². The Morgan fingerprint density at radius 1 is 1.13 bits per heavy atom. The molecule has 0 unspecified atom stereocenters. The fraction of sp³-hybridized carbons (Fsp3) is 0.214. The van der Waals surface area contributed by atoms with E-state index in [9.17, 15) is 13.2 Å². The zero-order chi connectivity index (χ0) is 17.0. The van der Waals surface area contributed by atoms with Crippen LogP contribution in [-0.4, -0.2) is 39.4 Å². The fourth-order valence-corrected chi connectivity index (χ4v) is 5.06. The van der Waals surface area contributed by atoms with Crippen LogP contribution in [0.15, 0.2) is 35.2 Å². The van der Waals surface area contributed by atoms with Crippen LogP contribution in [0.5, 0.6) is 0 Å². The Bertz CT molecular complexity index is 819. The molecule has 0 fully saturated rings. The number of carbonyl (C=O) groups excluding carboxylic acids is 1. The molecule has 0 spiro atoms. The van der Waals surface area contributed by atoms with Gasteiger partial charge in [0.05, 0.1) is 0 Å². The van der Waals surface area contributed by atoms with E-state index in [2.05, 4.69) is 15.3 Å². The number of aromatic nitrogens is 2. The van der Waals surface area contributed by atoms with Crippen LogP contribution in [0.2, 0.25) is 5.82 Å². The van der Waals surface area contributed by atoms with Gasteiger partial charge in [0.25, 0.3) is 0 Å². The van der Waals surface area contributed by atoms with E-state index in [1.807, 2.05) is 10.5 Å². The molecular formula is C14H16N4O3SSe. The van der Waals surface area contributed by atoms with Crippen LogP contribution in [-0.2, 0) is 10.0 Å². The van der Waals surface area contributed by atoms with Gasteiger partial charge in [-0.25, -0.2) is 0 Å². The summed E-state index contributed by atoms with van der Waals surface area (Å²) in [6, 6.07) is 7.45. The van der Waals surface area contributed by atoms with E-state index in [0.29, 0.717) is 15.8 Å². The molecule has 0 aliphatic carbocycles. The average molecular weight is 399 g/mol. The Morgan fingerprint density at radius 2 is 1.74 bits per heavy atom. The molecule has 1 aromatic heterocycles. The second kappa shape index (κ2) is 7.08. The van der Waals surface area contributed by atoms with Gasteiger partial charge in [-0.1, -0.05) is 0 Å². The van der Waals surface area contributed by atoms with Gasteiger partial charge in [0.15, 0.2) is 0 Å². The van der Waals surface area contributed by atoms with Gasteiger partial charge in [-0.3, -0.25) is 0 Å². The number of amides is 2. The summed E-state index contributed by atoms with van der Waals surface area (Å²) < 4.78 is 27.4. The van der Waals surface area contributed by atoms with E-state index in [0.717, 1.165) is 0 Å². The molecule has 0 radical (unpaired) electrons. The van der Waals surface area contributed by atoms with Crippen LogP contribution in [0.25, 0.3) is 0 Å². The third kappa shape index (κ3) is 4.51. The summed E-state index contributed by atoms with van der Waals surface area (Å²) in [7, 11) is -3.94. The minimum absolute atomic E-state index is 0.0153. The average Bonchev–Trinajstić information content (AvgIpc) is 2.45. The molecule has 2 amide bonds. The third-order valence-electron chi connectivity index (χ3n) is 2.79. The number of hydrogen-bond donors (Lipinski definition) is 2. The molecule has 122 valence electrons. The number of sulfonamides is 1. The van der Waals surface area contributed by atoms with E-state index in [1.54, 1.807) is 38.1 Å². The maximum absolute atomic E-state index is 12.3. The normalized spacial score (nSPS) is 11.1. The van der Waals surface area contributed by atoms with Crippen LogP contribution in [0.1, 0.15) is 11.4 Å². The number of urea groups is 1. The van der Waals surface area contributed by atoms with E-state index < -0.39 is 16.1 Å². The Morgan fingerprint density at radius 3 is 2.35 bits per heavy atom. The number of hydrogen-bond acceptors (Lipinski definition) is 5. The van der Waals surface area contributed by atoms with Gasteiger partial charge >= 0.3 is 141 Å². The maximum atomic E-state index is 12.3. The Labute approximate surface area is 141 Å². The minimum atomic E-state index is -3.94. The molecule has 0 bridgehead atoms. The first-order chi connectivity index (χ1) is 10.8. The number of nitrogens with zero attached hydrogens (tertiary/aromatic N) is 2. The molecule has 0 atom stereocenters. The quantitative estimate of drug-likeness (QED) is 0.747. The molecule has 0 saturated carbocycles. The summed E-state index contributed by atoms with van der Waals surface area (Å²) in [6.45, 7) is 3.52. The molecule has 23 heavy (non-hydrogen) atoms. The predicted molar refractivity (Wildman–Crippen MR) is 88.5 cm³/mol. The molecule has 1 aromatic carbocycles. The molecular weight excluding hydrogens is 383 g/mol. The summed E-state index contributed by atoms with van der Waals surface area (Å²) in [5, 5.41) is 2.34. The summed E-state index contributed by atoms with van der Waals surface area (Å²) in [5.74, 6) is 1.97. The zero-order valence-electron chi connectivity index (χ0n) is 12.8. The second-order valence-corrected chi connectivity index (χ2v) is 8.11. The van der Waals surface area contributed by atoms with Crippen LogP contribution in [0, 0.1) is 13.8 Å². The van der Waals surface area contributed by atoms with E-state index in [4.69, 9.17) is 0 Å². The topological polar surface area (TPSA) is 101 Å². The Hall–Kier alpha value is -1.96. The molecule has 2 N–H and O–H groups in total. The number of anilines is 1. The van der Waals surface area contributed by atoms with Crippen molar-refractivity contribution in [1.29, 1.82) is 0 Å². The van der Waals surface area contributed by atoms with Crippen molar-refractivity contribution in [2.45, 2.75) is 24.6 Å². The SMILES string of the molecule is C[Se]c1ccccc1S(=O)(=O)NC(=O)Nc1nc(C)cc(C)n1. The van der Waals surface area contributed by atoms with Crippen molar-refractivity contribution >= 4 is 41.4 Å². The number of carbonyl (C=O) groups is 1. The number of benzene rings is 1. The second-order valence-electron chi connectivity index (χ2n) is 4.68. The van der Waals surface area contributed by atoms with E-state index >= 15 is 0 Å². The van der Waals surface area contributed by atoms with Gasteiger partial charge in [-0.15, -0.1) is 0 Å². The Kier molecular flexibility index (Phi) is 5.35. The van der Waals surface area contributed by atoms with Crippen LogP contribution in [0.3, 0.4) is 0 Å². The van der Waals surface area contributed by atoms with Gasteiger partial charge in [0.2, 0.25) is 0 Å². The van der Waals surface area contributed by atoms with Gasteiger partial charge in [-0.2, -0.15) is 0 Å². The first kappa shape index (κ1) is 17.4. The van der Waals surface area contributed by atoms with Crippen molar-refractivity contribution in [3.8, 4) is 0 Å². The summed E-state index contributed by atoms with van der Waals surface area (Å²) in [6.07, 6.45) is 0. The van der Waals surface area contributed by atoms with Crippen molar-refractivity contribution in [3.05, 3.63) is 41.7 Å². The molecule has 0 aliphatic heterocycles.